The number of ether oxygens (including phenoxy) is 2. The summed E-state index contributed by atoms with van der Waals surface area (Å²) in [5, 5.41) is 0. The van der Waals surface area contributed by atoms with Gasteiger partial charge in [0.2, 0.25) is 0 Å². The summed E-state index contributed by atoms with van der Waals surface area (Å²) in [6.45, 7) is 0. The van der Waals surface area contributed by atoms with Crippen LogP contribution in [0.1, 0.15) is 28.4 Å². The Morgan fingerprint density at radius 2 is 2.00 bits per heavy atom. The first-order valence-corrected chi connectivity index (χ1v) is 6.41. The first kappa shape index (κ1) is 13.5. The van der Waals surface area contributed by atoms with Gasteiger partial charge in [0.25, 0.3) is 0 Å². The van der Waals surface area contributed by atoms with Gasteiger partial charge in [0.05, 0.1) is 19.1 Å². The predicted molar refractivity (Wildman–Crippen MR) is 71.7 cm³/mol. The van der Waals surface area contributed by atoms with Crippen molar-refractivity contribution in [3.05, 3.63) is 59.2 Å². The summed E-state index contributed by atoms with van der Waals surface area (Å²) in [4.78, 5) is 12.1. The highest BCUT2D eigenvalue weighted by Gasteiger charge is 2.28. The molecule has 0 aliphatic carbocycles. The second-order valence-corrected chi connectivity index (χ2v) is 4.77. The van der Waals surface area contributed by atoms with Crippen LogP contribution in [0.25, 0.3) is 0 Å². The average molecular weight is 290 g/mol. The number of methoxy groups -OCH3 is 1. The SMILES string of the molecule is COc1ccc(C2CC(=O)c3ccc(F)cc3O2)cc1F. The summed E-state index contributed by atoms with van der Waals surface area (Å²) in [5.41, 5.74) is 0.859. The zero-order valence-electron chi connectivity index (χ0n) is 11.2. The molecular formula is C16H12F2O3. The van der Waals surface area contributed by atoms with Crippen LogP contribution < -0.4 is 9.47 Å². The lowest BCUT2D eigenvalue weighted by Gasteiger charge is -2.25. The summed E-state index contributed by atoms with van der Waals surface area (Å²) in [7, 11) is 1.37. The van der Waals surface area contributed by atoms with Crippen molar-refractivity contribution in [3.8, 4) is 11.5 Å². The summed E-state index contributed by atoms with van der Waals surface area (Å²) < 4.78 is 37.5. The number of hydrogen-bond donors (Lipinski definition) is 0. The van der Waals surface area contributed by atoms with Crippen LogP contribution in [0, 0.1) is 11.6 Å². The number of hydrogen-bond acceptors (Lipinski definition) is 3. The van der Waals surface area contributed by atoms with Crippen LogP contribution in [0.15, 0.2) is 36.4 Å². The first-order valence-electron chi connectivity index (χ1n) is 6.41. The standard InChI is InChI=1S/C16H12F2O3/c1-20-14-5-2-9(6-12(14)18)15-8-13(19)11-4-3-10(17)7-16(11)21-15/h2-7,15H,8H2,1H3. The van der Waals surface area contributed by atoms with Gasteiger partial charge in [-0.2, -0.15) is 0 Å². The quantitative estimate of drug-likeness (QED) is 0.846. The number of ketones is 1. The summed E-state index contributed by atoms with van der Waals surface area (Å²) in [6.07, 6.45) is -0.545. The Morgan fingerprint density at radius 1 is 1.19 bits per heavy atom. The largest absolute Gasteiger partial charge is 0.494 e. The van der Waals surface area contributed by atoms with Gasteiger partial charge in [-0.05, 0) is 29.8 Å². The fraction of sp³-hybridized carbons (Fsp3) is 0.188. The molecule has 1 heterocycles. The van der Waals surface area contributed by atoms with Crippen molar-refractivity contribution >= 4 is 5.78 Å². The van der Waals surface area contributed by atoms with E-state index in [1.165, 1.54) is 37.4 Å². The Morgan fingerprint density at radius 3 is 2.71 bits per heavy atom. The van der Waals surface area contributed by atoms with E-state index in [9.17, 15) is 13.6 Å². The lowest BCUT2D eigenvalue weighted by atomic mass is 9.96. The number of benzene rings is 2. The highest BCUT2D eigenvalue weighted by Crippen LogP contribution is 2.36. The minimum atomic E-state index is -0.632. The summed E-state index contributed by atoms with van der Waals surface area (Å²) >= 11 is 0. The molecule has 0 radical (unpaired) electrons. The lowest BCUT2D eigenvalue weighted by Crippen LogP contribution is -2.20. The van der Waals surface area contributed by atoms with Gasteiger partial charge in [-0.25, -0.2) is 8.78 Å². The lowest BCUT2D eigenvalue weighted by molar-refractivity contribution is 0.0849. The number of carbonyl (C=O) groups is 1. The Kier molecular flexibility index (Phi) is 3.33. The van der Waals surface area contributed by atoms with E-state index in [-0.39, 0.29) is 23.7 Å². The van der Waals surface area contributed by atoms with E-state index in [0.717, 1.165) is 0 Å². The van der Waals surface area contributed by atoms with E-state index in [0.29, 0.717) is 11.1 Å². The van der Waals surface area contributed by atoms with E-state index in [1.54, 1.807) is 6.07 Å². The third kappa shape index (κ3) is 2.46. The minimum Gasteiger partial charge on any atom is -0.494 e. The average Bonchev–Trinajstić information content (AvgIpc) is 2.46. The van der Waals surface area contributed by atoms with Gasteiger partial charge in [0.1, 0.15) is 17.7 Å². The third-order valence-electron chi connectivity index (χ3n) is 3.43. The summed E-state index contributed by atoms with van der Waals surface area (Å²) in [6, 6.07) is 8.15. The normalized spacial score (nSPS) is 17.1. The Bertz CT molecular complexity index is 713. The molecule has 0 saturated carbocycles. The molecule has 0 fully saturated rings. The van der Waals surface area contributed by atoms with E-state index in [2.05, 4.69) is 0 Å². The van der Waals surface area contributed by atoms with Crippen molar-refractivity contribution in [1.29, 1.82) is 0 Å². The zero-order chi connectivity index (χ0) is 15.0. The predicted octanol–water partition coefficient (Wildman–Crippen LogP) is 3.68. The zero-order valence-corrected chi connectivity index (χ0v) is 11.2. The molecule has 3 nitrogen and oxygen atoms in total. The minimum absolute atomic E-state index is 0.0877. The molecule has 0 bridgehead atoms. The molecule has 1 atom stereocenters. The summed E-state index contributed by atoms with van der Waals surface area (Å²) in [5.74, 6) is -0.864. The third-order valence-corrected chi connectivity index (χ3v) is 3.43. The number of carbonyl (C=O) groups excluding carboxylic acids is 1. The fourth-order valence-electron chi connectivity index (χ4n) is 2.37. The monoisotopic (exact) mass is 290 g/mol. The van der Waals surface area contributed by atoms with E-state index in [1.807, 2.05) is 0 Å². The molecule has 2 aromatic rings. The van der Waals surface area contributed by atoms with Crippen molar-refractivity contribution in [2.75, 3.05) is 7.11 Å². The maximum Gasteiger partial charge on any atom is 0.170 e. The molecule has 0 aromatic heterocycles. The number of fused-ring (bicyclic) bond motifs is 1. The maximum atomic E-state index is 13.7. The molecule has 5 heteroatoms. The highest BCUT2D eigenvalue weighted by atomic mass is 19.1. The van der Waals surface area contributed by atoms with Crippen LogP contribution in [0.2, 0.25) is 0 Å². The Hall–Kier alpha value is -2.43. The molecule has 0 saturated heterocycles. The van der Waals surface area contributed by atoms with Crippen LogP contribution in [0.3, 0.4) is 0 Å². The van der Waals surface area contributed by atoms with Crippen molar-refractivity contribution in [1.82, 2.24) is 0 Å². The van der Waals surface area contributed by atoms with E-state index < -0.39 is 17.7 Å². The van der Waals surface area contributed by atoms with Gasteiger partial charge < -0.3 is 9.47 Å². The molecule has 108 valence electrons. The molecule has 3 rings (SSSR count). The van der Waals surface area contributed by atoms with Gasteiger partial charge >= 0.3 is 0 Å². The van der Waals surface area contributed by atoms with Gasteiger partial charge in [0.15, 0.2) is 17.3 Å². The van der Waals surface area contributed by atoms with Crippen molar-refractivity contribution in [3.63, 3.8) is 0 Å². The van der Waals surface area contributed by atoms with E-state index >= 15 is 0 Å². The molecule has 1 unspecified atom stereocenters. The maximum absolute atomic E-state index is 13.7. The topological polar surface area (TPSA) is 35.5 Å². The van der Waals surface area contributed by atoms with Gasteiger partial charge in [0, 0.05) is 6.07 Å². The smallest absolute Gasteiger partial charge is 0.170 e. The van der Waals surface area contributed by atoms with Gasteiger partial charge in [-0.3, -0.25) is 4.79 Å². The molecule has 1 aliphatic heterocycles. The van der Waals surface area contributed by atoms with Crippen LogP contribution >= 0.6 is 0 Å². The Labute approximate surface area is 120 Å². The van der Waals surface area contributed by atoms with Crippen LogP contribution in [0.4, 0.5) is 8.78 Å². The Balaban J connectivity index is 1.95. The molecule has 0 N–H and O–H groups in total. The molecule has 21 heavy (non-hydrogen) atoms. The molecule has 2 aromatic carbocycles. The molecule has 0 amide bonds. The second kappa shape index (κ2) is 5.16. The van der Waals surface area contributed by atoms with Crippen molar-refractivity contribution in [2.45, 2.75) is 12.5 Å². The van der Waals surface area contributed by atoms with Gasteiger partial charge in [-0.1, -0.05) is 6.07 Å². The van der Waals surface area contributed by atoms with Crippen molar-refractivity contribution in [2.24, 2.45) is 0 Å². The fourth-order valence-corrected chi connectivity index (χ4v) is 2.37. The first-order chi connectivity index (χ1) is 10.1. The highest BCUT2D eigenvalue weighted by molar-refractivity contribution is 6.00. The number of rotatable bonds is 2. The molecule has 0 spiro atoms. The van der Waals surface area contributed by atoms with E-state index in [4.69, 9.17) is 9.47 Å². The van der Waals surface area contributed by atoms with Crippen LogP contribution in [0.5, 0.6) is 11.5 Å². The van der Waals surface area contributed by atoms with Crippen LogP contribution in [-0.2, 0) is 0 Å². The van der Waals surface area contributed by atoms with Gasteiger partial charge in [-0.15, -0.1) is 0 Å². The van der Waals surface area contributed by atoms with Crippen molar-refractivity contribution < 1.29 is 23.0 Å². The second-order valence-electron chi connectivity index (χ2n) is 4.77. The molecular weight excluding hydrogens is 278 g/mol. The van der Waals surface area contributed by atoms with Crippen LogP contribution in [-0.4, -0.2) is 12.9 Å². The number of Topliss-reactive ketones (excluding diaryl/α,β-unsaturated/α-hetero) is 1. The molecule has 1 aliphatic rings. The number of halogens is 2.